The number of amides is 1. The molecule has 0 fully saturated rings. The number of rotatable bonds is 7. The summed E-state index contributed by atoms with van der Waals surface area (Å²) in [6.07, 6.45) is 1.74. The summed E-state index contributed by atoms with van der Waals surface area (Å²) in [4.78, 5) is 25.4. The summed E-state index contributed by atoms with van der Waals surface area (Å²) in [6.45, 7) is 12.2. The number of carbonyl (C=O) groups excluding carboxylic acids is 1. The molecule has 1 amide bonds. The molecule has 0 atom stereocenters. The Kier molecular flexibility index (Phi) is 6.26. The smallest absolute Gasteiger partial charge is 0.261 e. The van der Waals surface area contributed by atoms with Crippen LogP contribution in [0.4, 0.5) is 17.2 Å². The van der Waals surface area contributed by atoms with Gasteiger partial charge in [-0.3, -0.25) is 9.69 Å². The summed E-state index contributed by atoms with van der Waals surface area (Å²) in [7, 11) is 0. The number of fused-ring (bicyclic) bond motifs is 6. The fraction of sp³-hybridized carbons (Fsp3) is 0.273. The van der Waals surface area contributed by atoms with E-state index in [9.17, 15) is 4.79 Å². The number of ether oxygens (including phenoxy) is 1. The first-order chi connectivity index (χ1) is 19.1. The molecule has 0 aliphatic carbocycles. The monoisotopic (exact) mass is 518 g/mol. The van der Waals surface area contributed by atoms with Gasteiger partial charge >= 0.3 is 0 Å². The zero-order valence-corrected chi connectivity index (χ0v) is 23.0. The first-order valence-corrected chi connectivity index (χ1v) is 13.9. The normalized spacial score (nSPS) is 14.5. The predicted octanol–water partition coefficient (Wildman–Crippen LogP) is 6.83. The fourth-order valence-electron chi connectivity index (χ4n) is 6.29. The second-order valence-electron chi connectivity index (χ2n) is 9.89. The summed E-state index contributed by atoms with van der Waals surface area (Å²) in [5.74, 6) is 2.06. The van der Waals surface area contributed by atoms with Crippen LogP contribution < -0.4 is 19.4 Å². The first-order valence-electron chi connectivity index (χ1n) is 13.9. The Hall–Kier alpha value is -4.32. The van der Waals surface area contributed by atoms with Crippen LogP contribution in [-0.4, -0.2) is 37.1 Å². The maximum atomic E-state index is 14.3. The third-order valence-electron chi connectivity index (χ3n) is 8.15. The molecule has 4 aromatic rings. The molecule has 1 aromatic heterocycles. The van der Waals surface area contributed by atoms with Gasteiger partial charge in [0.2, 0.25) is 0 Å². The minimum atomic E-state index is -0.922. The number of aromatic nitrogens is 1. The van der Waals surface area contributed by atoms with Crippen molar-refractivity contribution in [3.8, 4) is 11.5 Å². The lowest BCUT2D eigenvalue weighted by atomic mass is 9.74. The van der Waals surface area contributed by atoms with Crippen LogP contribution in [-0.2, 0) is 5.54 Å². The Labute approximate surface area is 230 Å². The predicted molar refractivity (Wildman–Crippen MR) is 157 cm³/mol. The summed E-state index contributed by atoms with van der Waals surface area (Å²) in [6, 6.07) is 26.5. The molecule has 39 heavy (non-hydrogen) atoms. The largest absolute Gasteiger partial charge is 0.456 e. The second-order valence-corrected chi connectivity index (χ2v) is 9.89. The molecular formula is C33H34N4O2. The van der Waals surface area contributed by atoms with Crippen LogP contribution in [0.25, 0.3) is 0 Å². The summed E-state index contributed by atoms with van der Waals surface area (Å²) in [5, 5.41) is 0. The van der Waals surface area contributed by atoms with E-state index in [-0.39, 0.29) is 5.91 Å². The molecule has 3 heterocycles. The molecular weight excluding hydrogens is 484 g/mol. The Morgan fingerprint density at radius 3 is 1.82 bits per heavy atom. The van der Waals surface area contributed by atoms with E-state index < -0.39 is 5.54 Å². The highest BCUT2D eigenvalue weighted by Crippen LogP contribution is 2.59. The van der Waals surface area contributed by atoms with E-state index in [0.29, 0.717) is 11.4 Å². The van der Waals surface area contributed by atoms with Gasteiger partial charge in [-0.2, -0.15) is 0 Å². The van der Waals surface area contributed by atoms with Crippen molar-refractivity contribution < 1.29 is 9.53 Å². The molecule has 198 valence electrons. The van der Waals surface area contributed by atoms with Gasteiger partial charge in [0.1, 0.15) is 22.9 Å². The molecule has 1 spiro atoms. The lowest BCUT2D eigenvalue weighted by Crippen LogP contribution is -2.48. The van der Waals surface area contributed by atoms with Gasteiger partial charge in [-0.1, -0.05) is 36.4 Å². The molecule has 3 aromatic carbocycles. The first kappa shape index (κ1) is 25.0. The molecule has 2 aliphatic rings. The second kappa shape index (κ2) is 9.77. The number of nitrogens with zero attached hydrogens (tertiary/aromatic N) is 4. The average molecular weight is 519 g/mol. The Morgan fingerprint density at radius 1 is 0.718 bits per heavy atom. The van der Waals surface area contributed by atoms with Crippen molar-refractivity contribution in [1.82, 2.24) is 4.98 Å². The molecule has 2 aliphatic heterocycles. The minimum absolute atomic E-state index is 0.0660. The van der Waals surface area contributed by atoms with Crippen LogP contribution >= 0.6 is 0 Å². The van der Waals surface area contributed by atoms with Gasteiger partial charge in [-0.25, -0.2) is 4.98 Å². The highest BCUT2D eigenvalue weighted by atomic mass is 16.5. The number of benzene rings is 3. The fourth-order valence-corrected chi connectivity index (χ4v) is 6.29. The van der Waals surface area contributed by atoms with Gasteiger partial charge in [-0.05, 0) is 58.0 Å². The van der Waals surface area contributed by atoms with Crippen molar-refractivity contribution in [1.29, 1.82) is 0 Å². The van der Waals surface area contributed by atoms with Crippen LogP contribution in [0, 0.1) is 0 Å². The van der Waals surface area contributed by atoms with Crippen molar-refractivity contribution in [2.24, 2.45) is 0 Å². The van der Waals surface area contributed by atoms with Gasteiger partial charge in [-0.15, -0.1) is 0 Å². The Balaban J connectivity index is 1.70. The third kappa shape index (κ3) is 3.62. The number of hydrogen-bond donors (Lipinski definition) is 0. The van der Waals surface area contributed by atoms with Gasteiger partial charge in [0.15, 0.2) is 0 Å². The summed E-state index contributed by atoms with van der Waals surface area (Å²) in [5.41, 5.74) is 4.77. The SMILES string of the molecule is CCN(CC)c1ccc2c(c1)Oc1cc(N(CC)CC)ccc1C21c2ccccc2C(=O)N1c1ccccn1. The zero-order valence-electron chi connectivity index (χ0n) is 23.0. The quantitative estimate of drug-likeness (QED) is 0.268. The maximum Gasteiger partial charge on any atom is 0.261 e. The molecule has 0 saturated heterocycles. The maximum absolute atomic E-state index is 14.3. The molecule has 0 saturated carbocycles. The van der Waals surface area contributed by atoms with E-state index in [4.69, 9.17) is 4.74 Å². The highest BCUT2D eigenvalue weighted by molar-refractivity contribution is 6.13. The number of anilines is 3. The van der Waals surface area contributed by atoms with E-state index in [1.54, 1.807) is 6.20 Å². The lowest BCUT2D eigenvalue weighted by molar-refractivity contribution is 0.0985. The van der Waals surface area contributed by atoms with Gasteiger partial charge in [0.05, 0.1) is 0 Å². The third-order valence-corrected chi connectivity index (χ3v) is 8.15. The summed E-state index contributed by atoms with van der Waals surface area (Å²) >= 11 is 0. The molecule has 0 unspecified atom stereocenters. The number of hydrogen-bond acceptors (Lipinski definition) is 5. The van der Waals surface area contributed by atoms with Gasteiger partial charge < -0.3 is 14.5 Å². The molecule has 6 rings (SSSR count). The number of carbonyl (C=O) groups is 1. The lowest BCUT2D eigenvalue weighted by Gasteiger charge is -2.44. The van der Waals surface area contributed by atoms with E-state index in [1.165, 1.54) is 0 Å². The zero-order chi connectivity index (χ0) is 27.1. The van der Waals surface area contributed by atoms with E-state index in [1.807, 2.05) is 41.3 Å². The molecule has 0 radical (unpaired) electrons. The topological polar surface area (TPSA) is 48.9 Å². The summed E-state index contributed by atoms with van der Waals surface area (Å²) < 4.78 is 6.75. The van der Waals surface area contributed by atoms with Crippen LogP contribution in [0.15, 0.2) is 85.1 Å². The van der Waals surface area contributed by atoms with E-state index in [0.717, 1.165) is 65.7 Å². The van der Waals surface area contributed by atoms with Crippen molar-refractivity contribution in [2.45, 2.75) is 33.2 Å². The van der Waals surface area contributed by atoms with Crippen LogP contribution in [0.5, 0.6) is 11.5 Å². The van der Waals surface area contributed by atoms with Crippen LogP contribution in [0.3, 0.4) is 0 Å². The Bertz CT molecular complexity index is 1460. The van der Waals surface area contributed by atoms with Gasteiger partial charge in [0.25, 0.3) is 5.91 Å². The molecule has 6 heteroatoms. The van der Waals surface area contributed by atoms with Crippen LogP contribution in [0.1, 0.15) is 54.7 Å². The van der Waals surface area contributed by atoms with Crippen LogP contribution in [0.2, 0.25) is 0 Å². The van der Waals surface area contributed by atoms with Crippen molar-refractivity contribution >= 4 is 23.1 Å². The highest BCUT2D eigenvalue weighted by Gasteiger charge is 2.57. The average Bonchev–Trinajstić information content (AvgIpc) is 3.23. The molecule has 0 bridgehead atoms. The standard InChI is InChI=1S/C33H34N4O2/c1-5-35(6-2)23-16-18-27-29(21-23)39-30-22-24(36(7-3)8-4)17-19-28(30)33(27)26-14-10-9-13-25(26)32(38)37(33)31-15-11-12-20-34-31/h9-22H,5-8H2,1-4H3. The van der Waals surface area contributed by atoms with Crippen molar-refractivity contribution in [3.63, 3.8) is 0 Å². The van der Waals surface area contributed by atoms with Gasteiger partial charge in [0, 0.05) is 78.1 Å². The van der Waals surface area contributed by atoms with Crippen molar-refractivity contribution in [3.05, 3.63) is 107 Å². The van der Waals surface area contributed by atoms with E-state index in [2.05, 4.69) is 84.9 Å². The van der Waals surface area contributed by atoms with E-state index >= 15 is 0 Å². The Morgan fingerprint density at radius 2 is 1.28 bits per heavy atom. The molecule has 6 nitrogen and oxygen atoms in total. The number of pyridine rings is 1. The molecule has 0 N–H and O–H groups in total. The van der Waals surface area contributed by atoms with Crippen molar-refractivity contribution in [2.75, 3.05) is 40.9 Å². The minimum Gasteiger partial charge on any atom is -0.456 e.